The number of likely N-dealkylation sites (tertiary alicyclic amines) is 1. The number of nitrogens with one attached hydrogen (secondary N) is 1. The average molecular weight is 370 g/mol. The standard InChI is InChI=1S/C17H21F3N4O2/c1-12-10-15(17(18,19)20)22-24(12)9-6-21-16(25)14-5-4-13(26-14)11-23-7-2-3-8-23/h4-5,10H,2-3,6-9,11H2,1H3,(H,21,25). The van der Waals surface area contributed by atoms with Crippen LogP contribution in [0.5, 0.6) is 0 Å². The topological polar surface area (TPSA) is 63.3 Å². The number of hydrogen-bond acceptors (Lipinski definition) is 4. The van der Waals surface area contributed by atoms with Gasteiger partial charge in [0.05, 0.1) is 13.1 Å². The molecule has 1 N–H and O–H groups in total. The Morgan fingerprint density at radius 2 is 2.04 bits per heavy atom. The first-order chi connectivity index (χ1) is 12.3. The second-order valence-corrected chi connectivity index (χ2v) is 6.40. The molecule has 6 nitrogen and oxygen atoms in total. The summed E-state index contributed by atoms with van der Waals surface area (Å²) >= 11 is 0. The molecular weight excluding hydrogens is 349 g/mol. The van der Waals surface area contributed by atoms with Crippen LogP contribution in [0.2, 0.25) is 0 Å². The Labute approximate surface area is 149 Å². The number of nitrogens with zero attached hydrogens (tertiary/aromatic N) is 3. The number of aromatic nitrogens is 2. The molecule has 2 aromatic heterocycles. The van der Waals surface area contributed by atoms with Gasteiger partial charge in [-0.3, -0.25) is 14.4 Å². The third-order valence-corrected chi connectivity index (χ3v) is 4.34. The maximum absolute atomic E-state index is 12.6. The van der Waals surface area contributed by atoms with Crippen LogP contribution in [0.15, 0.2) is 22.6 Å². The monoisotopic (exact) mass is 370 g/mol. The lowest BCUT2D eigenvalue weighted by Gasteiger charge is -2.11. The molecular formula is C17H21F3N4O2. The lowest BCUT2D eigenvalue weighted by molar-refractivity contribution is -0.141. The van der Waals surface area contributed by atoms with Gasteiger partial charge in [0.2, 0.25) is 0 Å². The van der Waals surface area contributed by atoms with Gasteiger partial charge in [-0.15, -0.1) is 0 Å². The first-order valence-electron chi connectivity index (χ1n) is 8.54. The van der Waals surface area contributed by atoms with Gasteiger partial charge in [-0.2, -0.15) is 18.3 Å². The van der Waals surface area contributed by atoms with Gasteiger partial charge in [-0.25, -0.2) is 0 Å². The van der Waals surface area contributed by atoms with E-state index in [-0.39, 0.29) is 18.8 Å². The normalized spacial score (nSPS) is 15.5. The molecule has 0 bridgehead atoms. The number of furan rings is 1. The highest BCUT2D eigenvalue weighted by molar-refractivity contribution is 5.91. The first-order valence-corrected chi connectivity index (χ1v) is 8.54. The van der Waals surface area contributed by atoms with E-state index in [4.69, 9.17) is 4.42 Å². The van der Waals surface area contributed by atoms with Crippen LogP contribution in [-0.2, 0) is 19.3 Å². The number of halogens is 3. The van der Waals surface area contributed by atoms with Gasteiger partial charge in [0.25, 0.3) is 5.91 Å². The van der Waals surface area contributed by atoms with E-state index in [0.29, 0.717) is 12.2 Å². The predicted octanol–water partition coefficient (Wildman–Crippen LogP) is 2.83. The Bertz CT molecular complexity index is 760. The van der Waals surface area contributed by atoms with Crippen LogP contribution in [0, 0.1) is 6.92 Å². The quantitative estimate of drug-likeness (QED) is 0.849. The van der Waals surface area contributed by atoms with Gasteiger partial charge < -0.3 is 9.73 Å². The van der Waals surface area contributed by atoms with Crippen molar-refractivity contribution >= 4 is 5.91 Å². The molecule has 1 aliphatic heterocycles. The third-order valence-electron chi connectivity index (χ3n) is 4.34. The number of carbonyl (C=O) groups is 1. The Hall–Kier alpha value is -2.29. The molecule has 0 unspecified atom stereocenters. The molecule has 0 aliphatic carbocycles. The number of rotatable bonds is 6. The van der Waals surface area contributed by atoms with Crippen molar-refractivity contribution in [2.75, 3.05) is 19.6 Å². The number of aryl methyl sites for hydroxylation is 1. The maximum atomic E-state index is 12.6. The smallest absolute Gasteiger partial charge is 0.435 e. The van der Waals surface area contributed by atoms with Crippen LogP contribution in [0.4, 0.5) is 13.2 Å². The first kappa shape index (κ1) is 18.5. The fourth-order valence-electron chi connectivity index (χ4n) is 2.98. The Balaban J connectivity index is 1.50. The molecule has 142 valence electrons. The van der Waals surface area contributed by atoms with E-state index in [1.807, 2.05) is 0 Å². The number of hydrogen-bond donors (Lipinski definition) is 1. The summed E-state index contributed by atoms with van der Waals surface area (Å²) in [6, 6.07) is 4.38. The van der Waals surface area contributed by atoms with Gasteiger partial charge in [0.1, 0.15) is 5.76 Å². The second kappa shape index (κ2) is 7.53. The van der Waals surface area contributed by atoms with Crippen LogP contribution < -0.4 is 5.32 Å². The summed E-state index contributed by atoms with van der Waals surface area (Å²) in [4.78, 5) is 14.4. The van der Waals surface area contributed by atoms with E-state index in [1.165, 1.54) is 17.5 Å². The fourth-order valence-corrected chi connectivity index (χ4v) is 2.98. The van der Waals surface area contributed by atoms with Crippen molar-refractivity contribution < 1.29 is 22.4 Å². The average Bonchev–Trinajstić information content (AvgIpc) is 3.29. The highest BCUT2D eigenvalue weighted by Gasteiger charge is 2.34. The van der Waals surface area contributed by atoms with Crippen molar-refractivity contribution in [1.82, 2.24) is 20.0 Å². The van der Waals surface area contributed by atoms with Crippen molar-refractivity contribution in [3.05, 3.63) is 41.1 Å². The van der Waals surface area contributed by atoms with Gasteiger partial charge >= 0.3 is 6.18 Å². The van der Waals surface area contributed by atoms with Crippen molar-refractivity contribution in [3.63, 3.8) is 0 Å². The van der Waals surface area contributed by atoms with Gasteiger partial charge in [-0.1, -0.05) is 0 Å². The zero-order valence-corrected chi connectivity index (χ0v) is 14.5. The number of alkyl halides is 3. The minimum atomic E-state index is -4.47. The fraction of sp³-hybridized carbons (Fsp3) is 0.529. The van der Waals surface area contributed by atoms with Crippen molar-refractivity contribution in [3.8, 4) is 0 Å². The second-order valence-electron chi connectivity index (χ2n) is 6.40. The molecule has 1 amide bonds. The lowest BCUT2D eigenvalue weighted by Crippen LogP contribution is -2.27. The molecule has 1 aliphatic rings. The third kappa shape index (κ3) is 4.46. The van der Waals surface area contributed by atoms with E-state index in [0.717, 1.165) is 24.9 Å². The Kier molecular flexibility index (Phi) is 5.36. The molecule has 26 heavy (non-hydrogen) atoms. The summed E-state index contributed by atoms with van der Waals surface area (Å²) in [5.74, 6) is 0.542. The summed E-state index contributed by atoms with van der Waals surface area (Å²) in [5.41, 5.74) is -0.545. The predicted molar refractivity (Wildman–Crippen MR) is 87.5 cm³/mol. The van der Waals surface area contributed by atoms with E-state index in [2.05, 4.69) is 15.3 Å². The van der Waals surface area contributed by atoms with Crippen molar-refractivity contribution in [2.45, 2.75) is 39.0 Å². The highest BCUT2D eigenvalue weighted by Crippen LogP contribution is 2.28. The molecule has 0 aromatic carbocycles. The summed E-state index contributed by atoms with van der Waals surface area (Å²) < 4.78 is 44.7. The molecule has 1 fully saturated rings. The zero-order chi connectivity index (χ0) is 18.7. The number of amides is 1. The van der Waals surface area contributed by atoms with E-state index in [9.17, 15) is 18.0 Å². The minimum absolute atomic E-state index is 0.148. The Morgan fingerprint density at radius 3 is 2.69 bits per heavy atom. The molecule has 3 rings (SSSR count). The van der Waals surface area contributed by atoms with Gasteiger partial charge in [0.15, 0.2) is 11.5 Å². The van der Waals surface area contributed by atoms with Crippen LogP contribution in [0.3, 0.4) is 0 Å². The van der Waals surface area contributed by atoms with Crippen molar-refractivity contribution in [1.29, 1.82) is 0 Å². The van der Waals surface area contributed by atoms with Crippen LogP contribution >= 0.6 is 0 Å². The summed E-state index contributed by atoms with van der Waals surface area (Å²) in [7, 11) is 0. The van der Waals surface area contributed by atoms with Crippen LogP contribution in [-0.4, -0.2) is 40.2 Å². The summed E-state index contributed by atoms with van der Waals surface area (Å²) in [6.45, 7) is 4.59. The highest BCUT2D eigenvalue weighted by atomic mass is 19.4. The van der Waals surface area contributed by atoms with Gasteiger partial charge in [-0.05, 0) is 51.1 Å². The molecule has 3 heterocycles. The largest absolute Gasteiger partial charge is 0.455 e. The molecule has 0 spiro atoms. The summed E-state index contributed by atoms with van der Waals surface area (Å²) in [5, 5.41) is 6.16. The molecule has 0 atom stereocenters. The number of carbonyl (C=O) groups excluding carboxylic acids is 1. The van der Waals surface area contributed by atoms with Crippen LogP contribution in [0.25, 0.3) is 0 Å². The molecule has 1 saturated heterocycles. The van der Waals surface area contributed by atoms with Crippen molar-refractivity contribution in [2.24, 2.45) is 0 Å². The van der Waals surface area contributed by atoms with E-state index >= 15 is 0 Å². The molecule has 0 radical (unpaired) electrons. The SMILES string of the molecule is Cc1cc(C(F)(F)F)nn1CCNC(=O)c1ccc(CN2CCCC2)o1. The van der Waals surface area contributed by atoms with Gasteiger partial charge in [0, 0.05) is 12.2 Å². The summed E-state index contributed by atoms with van der Waals surface area (Å²) in [6.07, 6.45) is -2.12. The zero-order valence-electron chi connectivity index (χ0n) is 14.5. The lowest BCUT2D eigenvalue weighted by atomic mass is 10.3. The van der Waals surface area contributed by atoms with E-state index in [1.54, 1.807) is 19.1 Å². The molecule has 9 heteroatoms. The van der Waals surface area contributed by atoms with Crippen LogP contribution in [0.1, 0.15) is 40.5 Å². The molecule has 0 saturated carbocycles. The Morgan fingerprint density at radius 1 is 1.31 bits per heavy atom. The maximum Gasteiger partial charge on any atom is 0.435 e. The van der Waals surface area contributed by atoms with E-state index < -0.39 is 17.8 Å². The minimum Gasteiger partial charge on any atom is -0.455 e. The molecule has 2 aromatic rings.